The molecule has 2 atom stereocenters. The lowest BCUT2D eigenvalue weighted by Crippen LogP contribution is -2.38. The SMILES string of the molecule is CC(CCCC(=O)N[C@@H](C)C(=O)O)NC(=O)OCC1c2ccccc2-c2ccccc21. The number of ether oxygens (including phenoxy) is 1. The quantitative estimate of drug-likeness (QED) is 0.570. The molecule has 1 aliphatic carbocycles. The van der Waals surface area contributed by atoms with Gasteiger partial charge in [0.15, 0.2) is 0 Å². The highest BCUT2D eigenvalue weighted by Crippen LogP contribution is 2.44. The van der Waals surface area contributed by atoms with Gasteiger partial charge in [0.1, 0.15) is 12.6 Å². The molecule has 3 N–H and O–H groups in total. The van der Waals surface area contributed by atoms with E-state index >= 15 is 0 Å². The number of benzene rings is 2. The van der Waals surface area contributed by atoms with Crippen molar-refractivity contribution in [2.24, 2.45) is 0 Å². The minimum Gasteiger partial charge on any atom is -0.480 e. The molecule has 0 radical (unpaired) electrons. The highest BCUT2D eigenvalue weighted by atomic mass is 16.5. The van der Waals surface area contributed by atoms with Crippen molar-refractivity contribution in [2.45, 2.75) is 51.1 Å². The minimum atomic E-state index is -1.07. The van der Waals surface area contributed by atoms with Crippen LogP contribution in [0.2, 0.25) is 0 Å². The van der Waals surface area contributed by atoms with E-state index in [0.29, 0.717) is 12.8 Å². The van der Waals surface area contributed by atoms with Crippen LogP contribution in [-0.4, -0.2) is 41.8 Å². The second-order valence-electron chi connectivity index (χ2n) is 7.89. The fourth-order valence-electron chi connectivity index (χ4n) is 3.86. The van der Waals surface area contributed by atoms with Gasteiger partial charge in [0.2, 0.25) is 5.91 Å². The predicted octanol–water partition coefficient (Wildman–Crippen LogP) is 3.67. The summed E-state index contributed by atoms with van der Waals surface area (Å²) in [6.07, 6.45) is 0.828. The normalized spacial score (nSPS) is 14.1. The van der Waals surface area contributed by atoms with E-state index in [1.165, 1.54) is 18.1 Å². The zero-order chi connectivity index (χ0) is 22.4. The lowest BCUT2D eigenvalue weighted by molar-refractivity contribution is -0.141. The number of aliphatic carboxylic acids is 1. The van der Waals surface area contributed by atoms with Gasteiger partial charge in [-0.25, -0.2) is 4.79 Å². The van der Waals surface area contributed by atoms with E-state index in [-0.39, 0.29) is 30.9 Å². The molecule has 7 heteroatoms. The van der Waals surface area contributed by atoms with Crippen LogP contribution in [0.15, 0.2) is 48.5 Å². The standard InChI is InChI=1S/C24H28N2O5/c1-15(8-7-13-22(27)26-16(2)23(28)29)25-24(30)31-14-21-19-11-5-3-9-17(19)18-10-4-6-12-20(18)21/h3-6,9-12,15-16,21H,7-8,13-14H2,1-2H3,(H,25,30)(H,26,27)(H,28,29)/t15?,16-/m0/s1. The van der Waals surface area contributed by atoms with Gasteiger partial charge in [0.05, 0.1) is 0 Å². The van der Waals surface area contributed by atoms with Gasteiger partial charge in [0.25, 0.3) is 0 Å². The van der Waals surface area contributed by atoms with Gasteiger partial charge in [-0.2, -0.15) is 0 Å². The molecule has 0 heterocycles. The summed E-state index contributed by atoms with van der Waals surface area (Å²) in [5.41, 5.74) is 4.67. The molecule has 2 amide bonds. The summed E-state index contributed by atoms with van der Waals surface area (Å²) in [6.45, 7) is 3.52. The van der Waals surface area contributed by atoms with Gasteiger partial charge >= 0.3 is 12.1 Å². The zero-order valence-electron chi connectivity index (χ0n) is 17.8. The van der Waals surface area contributed by atoms with Crippen LogP contribution in [0.1, 0.15) is 50.2 Å². The molecule has 164 valence electrons. The molecule has 1 unspecified atom stereocenters. The summed E-state index contributed by atoms with van der Waals surface area (Å²) < 4.78 is 5.52. The van der Waals surface area contributed by atoms with Crippen LogP contribution in [0, 0.1) is 0 Å². The average molecular weight is 424 g/mol. The summed E-state index contributed by atoms with van der Waals surface area (Å²) >= 11 is 0. The van der Waals surface area contributed by atoms with Crippen molar-refractivity contribution in [1.82, 2.24) is 10.6 Å². The van der Waals surface area contributed by atoms with Gasteiger partial charge in [-0.1, -0.05) is 48.5 Å². The van der Waals surface area contributed by atoms with Crippen molar-refractivity contribution >= 4 is 18.0 Å². The molecule has 31 heavy (non-hydrogen) atoms. The van der Waals surface area contributed by atoms with Crippen LogP contribution in [0.25, 0.3) is 11.1 Å². The van der Waals surface area contributed by atoms with E-state index in [1.807, 2.05) is 31.2 Å². The summed E-state index contributed by atoms with van der Waals surface area (Å²) in [5, 5.41) is 14.0. The Bertz CT molecular complexity index is 913. The Hall–Kier alpha value is -3.35. The second kappa shape index (κ2) is 10.1. The predicted molar refractivity (Wildman–Crippen MR) is 117 cm³/mol. The first-order valence-electron chi connectivity index (χ1n) is 10.5. The average Bonchev–Trinajstić information content (AvgIpc) is 3.06. The third-order valence-corrected chi connectivity index (χ3v) is 5.50. The lowest BCUT2D eigenvalue weighted by atomic mass is 9.98. The van der Waals surface area contributed by atoms with Crippen LogP contribution >= 0.6 is 0 Å². The molecule has 0 aliphatic heterocycles. The maximum atomic E-state index is 12.3. The lowest BCUT2D eigenvalue weighted by Gasteiger charge is -2.17. The minimum absolute atomic E-state index is 0.00776. The molecule has 0 aromatic heterocycles. The van der Waals surface area contributed by atoms with Crippen molar-refractivity contribution in [3.05, 3.63) is 59.7 Å². The van der Waals surface area contributed by atoms with Crippen molar-refractivity contribution in [3.63, 3.8) is 0 Å². The molecule has 2 aromatic carbocycles. The molecule has 2 aromatic rings. The maximum Gasteiger partial charge on any atom is 0.407 e. The zero-order valence-corrected chi connectivity index (χ0v) is 17.8. The van der Waals surface area contributed by atoms with E-state index in [4.69, 9.17) is 9.84 Å². The Kier molecular flexibility index (Phi) is 7.28. The molecule has 3 rings (SSSR count). The van der Waals surface area contributed by atoms with Crippen LogP contribution < -0.4 is 10.6 Å². The number of hydrogen-bond donors (Lipinski definition) is 3. The number of carbonyl (C=O) groups excluding carboxylic acids is 2. The van der Waals surface area contributed by atoms with E-state index in [1.54, 1.807) is 0 Å². The number of nitrogens with one attached hydrogen (secondary N) is 2. The van der Waals surface area contributed by atoms with E-state index in [2.05, 4.69) is 34.9 Å². The van der Waals surface area contributed by atoms with Crippen LogP contribution in [0.4, 0.5) is 4.79 Å². The third-order valence-electron chi connectivity index (χ3n) is 5.50. The Labute approximate surface area is 181 Å². The highest BCUT2D eigenvalue weighted by molar-refractivity contribution is 5.83. The Balaban J connectivity index is 1.44. The smallest absolute Gasteiger partial charge is 0.407 e. The van der Waals surface area contributed by atoms with Gasteiger partial charge in [-0.05, 0) is 48.9 Å². The van der Waals surface area contributed by atoms with Gasteiger partial charge in [0, 0.05) is 18.4 Å². The maximum absolute atomic E-state index is 12.3. The molecule has 0 bridgehead atoms. The second-order valence-corrected chi connectivity index (χ2v) is 7.89. The number of fused-ring (bicyclic) bond motifs is 3. The summed E-state index contributed by atoms with van der Waals surface area (Å²) in [4.78, 5) is 34.8. The number of carboxylic acids is 1. The van der Waals surface area contributed by atoms with Gasteiger partial charge in [-0.15, -0.1) is 0 Å². The highest BCUT2D eigenvalue weighted by Gasteiger charge is 2.29. The molecule has 0 saturated carbocycles. The molecule has 7 nitrogen and oxygen atoms in total. The number of hydrogen-bond acceptors (Lipinski definition) is 4. The fourth-order valence-corrected chi connectivity index (χ4v) is 3.86. The Morgan fingerprint density at radius 3 is 2.13 bits per heavy atom. The van der Waals surface area contributed by atoms with Gasteiger partial charge in [-0.3, -0.25) is 9.59 Å². The van der Waals surface area contributed by atoms with Crippen LogP contribution in [0.5, 0.6) is 0 Å². The number of carboxylic acid groups (broad SMARTS) is 1. The van der Waals surface area contributed by atoms with Crippen molar-refractivity contribution in [1.29, 1.82) is 0 Å². The van der Waals surface area contributed by atoms with E-state index in [9.17, 15) is 14.4 Å². The molecule has 1 aliphatic rings. The van der Waals surface area contributed by atoms with Crippen LogP contribution in [0.3, 0.4) is 0 Å². The summed E-state index contributed by atoms with van der Waals surface area (Å²) in [5.74, 6) is -1.38. The number of alkyl carbamates (subject to hydrolysis) is 1. The Morgan fingerprint density at radius 2 is 1.55 bits per heavy atom. The van der Waals surface area contributed by atoms with Crippen molar-refractivity contribution in [3.8, 4) is 11.1 Å². The van der Waals surface area contributed by atoms with Gasteiger partial charge < -0.3 is 20.5 Å². The first-order chi connectivity index (χ1) is 14.9. The van der Waals surface area contributed by atoms with E-state index < -0.39 is 18.1 Å². The first-order valence-corrected chi connectivity index (χ1v) is 10.5. The van der Waals surface area contributed by atoms with Crippen LogP contribution in [-0.2, 0) is 14.3 Å². The number of carbonyl (C=O) groups is 3. The molecular weight excluding hydrogens is 396 g/mol. The molecule has 0 saturated heterocycles. The molecule has 0 fully saturated rings. The summed E-state index contributed by atoms with van der Waals surface area (Å²) in [6, 6.07) is 15.2. The topological polar surface area (TPSA) is 105 Å². The van der Waals surface area contributed by atoms with Crippen molar-refractivity contribution in [2.75, 3.05) is 6.61 Å². The Morgan fingerprint density at radius 1 is 0.968 bits per heavy atom. The molecular formula is C24H28N2O5. The summed E-state index contributed by atoms with van der Waals surface area (Å²) in [7, 11) is 0. The number of rotatable bonds is 9. The molecule has 0 spiro atoms. The van der Waals surface area contributed by atoms with E-state index in [0.717, 1.165) is 11.1 Å². The number of amides is 2. The first kappa shape index (κ1) is 22.3. The largest absolute Gasteiger partial charge is 0.480 e. The third kappa shape index (κ3) is 5.63. The monoisotopic (exact) mass is 424 g/mol. The van der Waals surface area contributed by atoms with Crippen molar-refractivity contribution < 1.29 is 24.2 Å². The fraction of sp³-hybridized carbons (Fsp3) is 0.375.